The van der Waals surface area contributed by atoms with E-state index in [0.29, 0.717) is 25.1 Å². The highest BCUT2D eigenvalue weighted by molar-refractivity contribution is 5.97. The molecule has 1 aliphatic heterocycles. The Kier molecular flexibility index (Phi) is 6.42. The summed E-state index contributed by atoms with van der Waals surface area (Å²) in [4.78, 5) is 38.1. The maximum absolute atomic E-state index is 12.3. The van der Waals surface area contributed by atoms with Crippen molar-refractivity contribution in [1.29, 1.82) is 0 Å². The van der Waals surface area contributed by atoms with Crippen molar-refractivity contribution in [2.24, 2.45) is 0 Å². The number of ether oxygens (including phenoxy) is 1. The second-order valence-corrected chi connectivity index (χ2v) is 6.73. The molecule has 1 fully saturated rings. The molecule has 2 aromatic rings. The minimum absolute atomic E-state index is 0.0870. The molecule has 1 heterocycles. The Hall–Kier alpha value is -3.15. The third kappa shape index (κ3) is 4.76. The third-order valence-electron chi connectivity index (χ3n) is 4.76. The number of anilines is 2. The number of hydrogen-bond acceptors (Lipinski definition) is 4. The van der Waals surface area contributed by atoms with Crippen molar-refractivity contribution in [2.75, 3.05) is 23.4 Å². The van der Waals surface area contributed by atoms with Gasteiger partial charge < -0.3 is 15.0 Å². The molecule has 3 rings (SSSR count). The van der Waals surface area contributed by atoms with E-state index < -0.39 is 17.8 Å². The Morgan fingerprint density at radius 3 is 2.61 bits per heavy atom. The molecule has 146 valence electrons. The fourth-order valence-electron chi connectivity index (χ4n) is 3.33. The van der Waals surface area contributed by atoms with Gasteiger partial charge in [-0.25, -0.2) is 0 Å². The van der Waals surface area contributed by atoms with Crippen molar-refractivity contribution in [2.45, 2.75) is 32.1 Å². The van der Waals surface area contributed by atoms with Crippen molar-refractivity contribution in [3.63, 3.8) is 0 Å². The molecule has 0 bridgehead atoms. The smallest absolute Gasteiger partial charge is 0.313 e. The van der Waals surface area contributed by atoms with E-state index in [1.807, 2.05) is 43.3 Å². The molecule has 0 aliphatic carbocycles. The topological polar surface area (TPSA) is 75.7 Å². The molecule has 6 nitrogen and oxygen atoms in total. The standard InChI is InChI=1S/C22H24N2O4/c1-2-19(16-8-4-3-5-9-16)22(27)28-15-20(25)23-17-10-6-11-18(14-17)24-13-7-12-21(24)26/h3-6,8-11,14,19H,2,7,12-13,15H2,1H3,(H,23,25). The average molecular weight is 380 g/mol. The van der Waals surface area contributed by atoms with Crippen molar-refractivity contribution < 1.29 is 19.1 Å². The van der Waals surface area contributed by atoms with E-state index in [0.717, 1.165) is 17.7 Å². The van der Waals surface area contributed by atoms with E-state index in [4.69, 9.17) is 4.74 Å². The zero-order valence-electron chi connectivity index (χ0n) is 15.9. The van der Waals surface area contributed by atoms with Crippen LogP contribution in [0.3, 0.4) is 0 Å². The van der Waals surface area contributed by atoms with E-state index >= 15 is 0 Å². The highest BCUT2D eigenvalue weighted by atomic mass is 16.5. The summed E-state index contributed by atoms with van der Waals surface area (Å²) in [6.45, 7) is 2.24. The number of hydrogen-bond donors (Lipinski definition) is 1. The number of esters is 1. The van der Waals surface area contributed by atoms with Gasteiger partial charge in [-0.3, -0.25) is 14.4 Å². The van der Waals surface area contributed by atoms with Crippen LogP contribution in [0.15, 0.2) is 54.6 Å². The van der Waals surface area contributed by atoms with Crippen LogP contribution < -0.4 is 10.2 Å². The zero-order chi connectivity index (χ0) is 19.9. The molecule has 0 radical (unpaired) electrons. The highest BCUT2D eigenvalue weighted by Crippen LogP contribution is 2.24. The Morgan fingerprint density at radius 1 is 1.14 bits per heavy atom. The lowest BCUT2D eigenvalue weighted by molar-refractivity contribution is -0.149. The lowest BCUT2D eigenvalue weighted by atomic mass is 9.97. The van der Waals surface area contributed by atoms with Crippen LogP contribution in [-0.2, 0) is 19.1 Å². The fraction of sp³-hybridized carbons (Fsp3) is 0.318. The summed E-state index contributed by atoms with van der Waals surface area (Å²) in [6, 6.07) is 16.5. The van der Waals surface area contributed by atoms with Gasteiger partial charge in [0.15, 0.2) is 6.61 Å². The molecule has 0 aromatic heterocycles. The Labute approximate surface area is 164 Å². The zero-order valence-corrected chi connectivity index (χ0v) is 15.9. The van der Waals surface area contributed by atoms with Crippen LogP contribution in [0.5, 0.6) is 0 Å². The number of carbonyl (C=O) groups is 3. The molecule has 28 heavy (non-hydrogen) atoms. The Bertz CT molecular complexity index is 851. The van der Waals surface area contributed by atoms with Gasteiger partial charge in [0, 0.05) is 24.3 Å². The molecular formula is C22H24N2O4. The summed E-state index contributed by atoms with van der Waals surface area (Å²) in [7, 11) is 0. The van der Waals surface area contributed by atoms with Crippen molar-refractivity contribution in [3.05, 3.63) is 60.2 Å². The molecular weight excluding hydrogens is 356 g/mol. The normalized spacial score (nSPS) is 14.6. The lowest BCUT2D eigenvalue weighted by Gasteiger charge is -2.17. The van der Waals surface area contributed by atoms with Crippen LogP contribution in [0, 0.1) is 0 Å². The van der Waals surface area contributed by atoms with Crippen LogP contribution in [0.4, 0.5) is 11.4 Å². The molecule has 6 heteroatoms. The van der Waals surface area contributed by atoms with Crippen molar-refractivity contribution in [3.8, 4) is 0 Å². The molecule has 1 unspecified atom stereocenters. The fourth-order valence-corrected chi connectivity index (χ4v) is 3.33. The van der Waals surface area contributed by atoms with E-state index in [1.54, 1.807) is 23.1 Å². The maximum atomic E-state index is 12.3. The Balaban J connectivity index is 1.55. The summed E-state index contributed by atoms with van der Waals surface area (Å²) in [5.74, 6) is -1.14. The number of nitrogens with one attached hydrogen (secondary N) is 1. The molecule has 1 N–H and O–H groups in total. The van der Waals surface area contributed by atoms with Gasteiger partial charge in [0.1, 0.15) is 0 Å². The van der Waals surface area contributed by atoms with Crippen molar-refractivity contribution in [1.82, 2.24) is 0 Å². The quantitative estimate of drug-likeness (QED) is 0.746. The molecule has 0 saturated carbocycles. The monoisotopic (exact) mass is 380 g/mol. The van der Waals surface area contributed by atoms with Crippen LogP contribution in [-0.4, -0.2) is 30.9 Å². The summed E-state index contributed by atoms with van der Waals surface area (Å²) in [5, 5.41) is 2.72. The summed E-state index contributed by atoms with van der Waals surface area (Å²) >= 11 is 0. The van der Waals surface area contributed by atoms with Crippen LogP contribution in [0.2, 0.25) is 0 Å². The van der Waals surface area contributed by atoms with Gasteiger partial charge in [-0.15, -0.1) is 0 Å². The SMILES string of the molecule is CCC(C(=O)OCC(=O)Nc1cccc(N2CCCC2=O)c1)c1ccccc1. The second kappa shape index (κ2) is 9.17. The predicted octanol–water partition coefficient (Wildman–Crippen LogP) is 3.49. The summed E-state index contributed by atoms with van der Waals surface area (Å²) in [6.07, 6.45) is 1.98. The van der Waals surface area contributed by atoms with E-state index in [9.17, 15) is 14.4 Å². The van der Waals surface area contributed by atoms with Gasteiger partial charge in [-0.05, 0) is 36.6 Å². The lowest BCUT2D eigenvalue weighted by Crippen LogP contribution is -2.25. The predicted molar refractivity (Wildman–Crippen MR) is 107 cm³/mol. The first-order valence-electron chi connectivity index (χ1n) is 9.50. The van der Waals surface area contributed by atoms with Gasteiger partial charge in [0.05, 0.1) is 5.92 Å². The van der Waals surface area contributed by atoms with Gasteiger partial charge in [0.2, 0.25) is 5.91 Å². The number of carbonyl (C=O) groups excluding carboxylic acids is 3. The molecule has 2 aromatic carbocycles. The largest absolute Gasteiger partial charge is 0.455 e. The number of benzene rings is 2. The molecule has 1 aliphatic rings. The van der Waals surface area contributed by atoms with Gasteiger partial charge in [-0.1, -0.05) is 43.3 Å². The molecule has 1 saturated heterocycles. The van der Waals surface area contributed by atoms with E-state index in [2.05, 4.69) is 5.32 Å². The van der Waals surface area contributed by atoms with Crippen molar-refractivity contribution >= 4 is 29.2 Å². The van der Waals surface area contributed by atoms with Gasteiger partial charge in [-0.2, -0.15) is 0 Å². The van der Waals surface area contributed by atoms with E-state index in [1.165, 1.54) is 0 Å². The highest BCUT2D eigenvalue weighted by Gasteiger charge is 2.23. The van der Waals surface area contributed by atoms with Crippen LogP contribution in [0.25, 0.3) is 0 Å². The van der Waals surface area contributed by atoms with Crippen LogP contribution >= 0.6 is 0 Å². The average Bonchev–Trinajstić information content (AvgIpc) is 3.14. The summed E-state index contributed by atoms with van der Waals surface area (Å²) in [5.41, 5.74) is 2.19. The molecule has 0 spiro atoms. The first kappa shape index (κ1) is 19.6. The van der Waals surface area contributed by atoms with E-state index in [-0.39, 0.29) is 12.5 Å². The number of rotatable bonds is 7. The minimum Gasteiger partial charge on any atom is -0.455 e. The molecule has 2 amide bonds. The second-order valence-electron chi connectivity index (χ2n) is 6.73. The first-order valence-corrected chi connectivity index (χ1v) is 9.50. The molecule has 1 atom stereocenters. The van der Waals surface area contributed by atoms with Gasteiger partial charge >= 0.3 is 5.97 Å². The maximum Gasteiger partial charge on any atom is 0.313 e. The minimum atomic E-state index is -0.416. The number of amides is 2. The Morgan fingerprint density at radius 2 is 1.93 bits per heavy atom. The van der Waals surface area contributed by atoms with Gasteiger partial charge in [0.25, 0.3) is 5.91 Å². The van der Waals surface area contributed by atoms with Crippen LogP contribution in [0.1, 0.15) is 37.7 Å². The third-order valence-corrected chi connectivity index (χ3v) is 4.76. The summed E-state index contributed by atoms with van der Waals surface area (Å²) < 4.78 is 5.22. The number of nitrogens with zero attached hydrogens (tertiary/aromatic N) is 1. The first-order chi connectivity index (χ1) is 13.6.